The highest BCUT2D eigenvalue weighted by Crippen LogP contribution is 2.71. The van der Waals surface area contributed by atoms with Gasteiger partial charge in [-0.1, -0.05) is 17.3 Å². The fourth-order valence-electron chi connectivity index (χ4n) is 9.07. The molecule has 8 nitrogen and oxygen atoms in total. The van der Waals surface area contributed by atoms with E-state index in [0.29, 0.717) is 44.0 Å². The summed E-state index contributed by atoms with van der Waals surface area (Å²) in [6.07, 6.45) is 11.7. The Labute approximate surface area is 257 Å². The fourth-order valence-corrected chi connectivity index (χ4v) is 9.07. The first-order chi connectivity index (χ1) is 21.3. The van der Waals surface area contributed by atoms with Crippen LogP contribution >= 0.6 is 0 Å². The van der Waals surface area contributed by atoms with Gasteiger partial charge < -0.3 is 18.9 Å². The minimum atomic E-state index is -1.01. The fraction of sp³-hybridized carbons (Fsp3) is 0.600. The molecule has 3 aromatic rings. The van der Waals surface area contributed by atoms with Crippen LogP contribution in [0.25, 0.3) is 11.1 Å². The lowest BCUT2D eigenvalue weighted by molar-refractivity contribution is -0.215. The predicted octanol–water partition coefficient (Wildman–Crippen LogP) is 6.94. The first kappa shape index (κ1) is 28.2. The van der Waals surface area contributed by atoms with Crippen molar-refractivity contribution >= 4 is 11.6 Å². The van der Waals surface area contributed by atoms with Gasteiger partial charge in [0.15, 0.2) is 5.82 Å². The number of methoxy groups -OCH3 is 1. The van der Waals surface area contributed by atoms with Gasteiger partial charge in [0.1, 0.15) is 5.67 Å². The summed E-state index contributed by atoms with van der Waals surface area (Å²) in [6, 6.07) is 12.1. The van der Waals surface area contributed by atoms with Gasteiger partial charge in [0.2, 0.25) is 17.7 Å². The van der Waals surface area contributed by atoms with Crippen LogP contribution in [0.3, 0.4) is 0 Å². The standard InChI is InChI=1S/C35H41FN4O4/c1-42-28-18-26(5-14-37-28)25-3-2-4-27(17-25)40(29(41)19-33-20-35(36,21-33)22-33)23-32-8-11-34(12-9-32,13-10-32)31-38-30(39-44-31)24-6-15-43-16-7-24/h2-5,14,17-18,24H,6-13,15-16,19-23H2,1H3. The van der Waals surface area contributed by atoms with Crippen LogP contribution in [0.1, 0.15) is 94.7 Å². The van der Waals surface area contributed by atoms with Crippen molar-refractivity contribution in [2.45, 2.75) is 94.1 Å². The second-order valence-electron chi connectivity index (χ2n) is 14.6. The quantitative estimate of drug-likeness (QED) is 0.263. The number of nitrogens with zero attached hydrogens (tertiary/aromatic N) is 4. The summed E-state index contributed by atoms with van der Waals surface area (Å²) >= 11 is 0. The Morgan fingerprint density at radius 2 is 1.73 bits per heavy atom. The van der Waals surface area contributed by atoms with E-state index in [1.165, 1.54) is 0 Å². The van der Waals surface area contributed by atoms with E-state index in [1.807, 2.05) is 29.2 Å². The molecule has 9 heteroatoms. The van der Waals surface area contributed by atoms with E-state index in [-0.39, 0.29) is 22.2 Å². The molecule has 6 saturated carbocycles. The second-order valence-corrected chi connectivity index (χ2v) is 14.6. The zero-order valence-electron chi connectivity index (χ0n) is 25.5. The molecule has 0 radical (unpaired) electrons. The summed E-state index contributed by atoms with van der Waals surface area (Å²) in [5.41, 5.74) is 1.72. The van der Waals surface area contributed by atoms with E-state index >= 15 is 0 Å². The van der Waals surface area contributed by atoms with Gasteiger partial charge in [-0.15, -0.1) is 0 Å². The number of anilines is 1. The minimum absolute atomic E-state index is 0.0393. The van der Waals surface area contributed by atoms with Crippen LogP contribution in [0.15, 0.2) is 47.1 Å². The van der Waals surface area contributed by atoms with Crippen molar-refractivity contribution in [3.8, 4) is 17.0 Å². The summed E-state index contributed by atoms with van der Waals surface area (Å²) < 4.78 is 31.2. The molecule has 1 aromatic carbocycles. The van der Waals surface area contributed by atoms with Crippen LogP contribution in [-0.4, -0.2) is 53.6 Å². The lowest BCUT2D eigenvalue weighted by Gasteiger charge is -2.66. The highest BCUT2D eigenvalue weighted by Gasteiger charge is 2.69. The summed E-state index contributed by atoms with van der Waals surface area (Å²) in [7, 11) is 1.61. The molecule has 44 heavy (non-hydrogen) atoms. The Morgan fingerprint density at radius 3 is 2.43 bits per heavy atom. The number of pyridine rings is 1. The summed E-state index contributed by atoms with van der Waals surface area (Å²) in [5, 5.41) is 4.42. The molecular formula is C35H41FN4O4. The molecule has 7 aliphatic rings. The van der Waals surface area contributed by atoms with E-state index in [1.54, 1.807) is 13.3 Å². The van der Waals surface area contributed by atoms with Gasteiger partial charge in [0.05, 0.1) is 7.11 Å². The first-order valence-electron chi connectivity index (χ1n) is 16.3. The zero-order valence-corrected chi connectivity index (χ0v) is 25.5. The van der Waals surface area contributed by atoms with Crippen LogP contribution in [0.4, 0.5) is 10.1 Å². The van der Waals surface area contributed by atoms with Crippen LogP contribution in [0.5, 0.6) is 5.88 Å². The highest BCUT2D eigenvalue weighted by atomic mass is 19.1. The topological polar surface area (TPSA) is 90.6 Å². The van der Waals surface area contributed by atoms with Crippen LogP contribution in [-0.2, 0) is 14.9 Å². The molecule has 0 unspecified atom stereocenters. The number of alkyl halides is 1. The molecular weight excluding hydrogens is 559 g/mol. The molecule has 0 N–H and O–H groups in total. The average Bonchev–Trinajstić information content (AvgIpc) is 3.55. The SMILES string of the molecule is COc1cc(-c2cccc(N(CC34CCC(c5nc(C6CCOCC6)no5)(CC3)CC4)C(=O)CC34CC(F)(C3)C4)c2)ccn1. The number of halogens is 1. The van der Waals surface area contributed by atoms with Crippen molar-refractivity contribution in [2.24, 2.45) is 10.8 Å². The Kier molecular flexibility index (Phi) is 6.63. The van der Waals surface area contributed by atoms with Crippen LogP contribution < -0.4 is 9.64 Å². The van der Waals surface area contributed by atoms with Gasteiger partial charge in [-0.25, -0.2) is 9.37 Å². The van der Waals surface area contributed by atoms with Crippen LogP contribution in [0.2, 0.25) is 0 Å². The van der Waals surface area contributed by atoms with Crippen molar-refractivity contribution in [3.05, 3.63) is 54.3 Å². The lowest BCUT2D eigenvalue weighted by Crippen LogP contribution is -2.65. The molecule has 0 spiro atoms. The zero-order chi connectivity index (χ0) is 30.0. The van der Waals surface area contributed by atoms with E-state index < -0.39 is 5.67 Å². The Balaban J connectivity index is 1.03. The number of carbonyl (C=O) groups excluding carboxylic acids is 1. The van der Waals surface area contributed by atoms with Gasteiger partial charge in [-0.3, -0.25) is 4.79 Å². The summed E-state index contributed by atoms with van der Waals surface area (Å²) in [5.74, 6) is 2.64. The van der Waals surface area contributed by atoms with Crippen molar-refractivity contribution < 1.29 is 23.2 Å². The number of carbonyl (C=O) groups is 1. The monoisotopic (exact) mass is 600 g/mol. The Hall–Kier alpha value is -3.33. The number of ether oxygens (including phenoxy) is 2. The third kappa shape index (κ3) is 4.82. The number of fused-ring (bicyclic) bond motifs is 3. The number of hydrogen-bond donors (Lipinski definition) is 0. The molecule has 10 rings (SSSR count). The molecule has 3 heterocycles. The largest absolute Gasteiger partial charge is 0.481 e. The van der Waals surface area contributed by atoms with E-state index in [0.717, 1.165) is 93.1 Å². The molecule has 4 bridgehead atoms. The minimum Gasteiger partial charge on any atom is -0.481 e. The Morgan fingerprint density at radius 1 is 1.00 bits per heavy atom. The maximum Gasteiger partial charge on any atom is 0.232 e. The third-order valence-electron chi connectivity index (χ3n) is 11.7. The van der Waals surface area contributed by atoms with Crippen molar-refractivity contribution in [2.75, 3.05) is 31.8 Å². The number of aromatic nitrogens is 3. The van der Waals surface area contributed by atoms with E-state index in [9.17, 15) is 9.18 Å². The maximum atomic E-state index is 14.4. The van der Waals surface area contributed by atoms with Crippen molar-refractivity contribution in [3.63, 3.8) is 0 Å². The van der Waals surface area contributed by atoms with Gasteiger partial charge in [-0.05, 0) is 111 Å². The molecule has 2 aromatic heterocycles. The molecule has 0 atom stereocenters. The third-order valence-corrected chi connectivity index (χ3v) is 11.7. The van der Waals surface area contributed by atoms with Gasteiger partial charge >= 0.3 is 0 Å². The van der Waals surface area contributed by atoms with Crippen LogP contribution in [0, 0.1) is 10.8 Å². The lowest BCUT2D eigenvalue weighted by atomic mass is 9.41. The van der Waals surface area contributed by atoms with Gasteiger partial charge in [-0.2, -0.15) is 4.98 Å². The smallest absolute Gasteiger partial charge is 0.232 e. The normalized spacial score (nSPS) is 32.5. The molecule has 7 fully saturated rings. The second kappa shape index (κ2) is 10.4. The molecule has 1 saturated heterocycles. The first-order valence-corrected chi connectivity index (χ1v) is 16.3. The molecule has 6 aliphatic carbocycles. The van der Waals surface area contributed by atoms with Gasteiger partial charge in [0, 0.05) is 55.5 Å². The highest BCUT2D eigenvalue weighted by molar-refractivity contribution is 5.95. The number of hydrogen-bond acceptors (Lipinski definition) is 7. The van der Waals surface area contributed by atoms with E-state index in [4.69, 9.17) is 19.0 Å². The summed E-state index contributed by atoms with van der Waals surface area (Å²) in [6.45, 7) is 2.19. The van der Waals surface area contributed by atoms with Crippen molar-refractivity contribution in [1.29, 1.82) is 0 Å². The number of amides is 1. The molecule has 1 amide bonds. The molecule has 1 aliphatic heterocycles. The number of benzene rings is 1. The predicted molar refractivity (Wildman–Crippen MR) is 162 cm³/mol. The summed E-state index contributed by atoms with van der Waals surface area (Å²) in [4.78, 5) is 25.4. The number of rotatable bonds is 9. The maximum absolute atomic E-state index is 14.4. The van der Waals surface area contributed by atoms with Crippen molar-refractivity contribution in [1.82, 2.24) is 15.1 Å². The average molecular weight is 601 g/mol. The van der Waals surface area contributed by atoms with Gasteiger partial charge in [0.25, 0.3) is 0 Å². The molecule has 232 valence electrons. The Bertz CT molecular complexity index is 1520. The van der Waals surface area contributed by atoms with E-state index in [2.05, 4.69) is 22.3 Å².